The van der Waals surface area contributed by atoms with Gasteiger partial charge < -0.3 is 10.1 Å². The van der Waals surface area contributed by atoms with Crippen molar-refractivity contribution in [3.63, 3.8) is 0 Å². The Hall–Kier alpha value is -2.47. The topological polar surface area (TPSA) is 51.5 Å². The number of ether oxygens (including phenoxy) is 1. The van der Waals surface area contributed by atoms with Crippen molar-refractivity contribution in [2.24, 2.45) is 0 Å². The molecule has 6 heteroatoms. The molecule has 0 radical (unpaired) electrons. The van der Waals surface area contributed by atoms with E-state index in [2.05, 4.69) is 15.5 Å². The first-order valence-electron chi connectivity index (χ1n) is 7.54. The summed E-state index contributed by atoms with van der Waals surface area (Å²) in [5.74, 6) is 0.829. The van der Waals surface area contributed by atoms with Crippen LogP contribution in [0.5, 0.6) is 5.75 Å². The zero-order valence-corrected chi connectivity index (χ0v) is 13.2. The van der Waals surface area contributed by atoms with Crippen molar-refractivity contribution in [1.29, 1.82) is 0 Å². The van der Waals surface area contributed by atoms with Crippen LogP contribution in [0.3, 0.4) is 0 Å². The fourth-order valence-corrected chi connectivity index (χ4v) is 2.53. The Balaban J connectivity index is 1.62. The smallest absolute Gasteiger partial charge is 0.165 e. The van der Waals surface area contributed by atoms with Crippen LogP contribution in [0.25, 0.3) is 5.65 Å². The monoisotopic (exact) mass is 314 g/mol. The molecule has 5 nitrogen and oxygen atoms in total. The van der Waals surface area contributed by atoms with E-state index in [9.17, 15) is 4.39 Å². The first kappa shape index (κ1) is 15.4. The number of fused-ring (bicyclic) bond motifs is 1. The lowest BCUT2D eigenvalue weighted by atomic mass is 10.1. The van der Waals surface area contributed by atoms with E-state index < -0.39 is 0 Å². The lowest BCUT2D eigenvalue weighted by Crippen LogP contribution is -2.22. The Morgan fingerprint density at radius 2 is 2.13 bits per heavy atom. The van der Waals surface area contributed by atoms with Crippen LogP contribution >= 0.6 is 0 Å². The first-order chi connectivity index (χ1) is 11.2. The Kier molecular flexibility index (Phi) is 4.52. The van der Waals surface area contributed by atoms with Gasteiger partial charge in [0.05, 0.1) is 7.11 Å². The van der Waals surface area contributed by atoms with Gasteiger partial charge in [0.1, 0.15) is 5.82 Å². The van der Waals surface area contributed by atoms with Gasteiger partial charge in [0, 0.05) is 25.2 Å². The van der Waals surface area contributed by atoms with Crippen molar-refractivity contribution in [3.8, 4) is 5.75 Å². The molecule has 0 unspecified atom stereocenters. The number of rotatable bonds is 6. The van der Waals surface area contributed by atoms with E-state index in [4.69, 9.17) is 4.74 Å². The highest BCUT2D eigenvalue weighted by molar-refractivity contribution is 5.37. The molecule has 2 aromatic heterocycles. The Morgan fingerprint density at radius 1 is 1.26 bits per heavy atom. The molecule has 120 valence electrons. The van der Waals surface area contributed by atoms with Gasteiger partial charge in [0.15, 0.2) is 17.2 Å². The molecule has 3 rings (SSSR count). The van der Waals surface area contributed by atoms with E-state index in [1.165, 1.54) is 13.2 Å². The summed E-state index contributed by atoms with van der Waals surface area (Å²) >= 11 is 0. The Bertz CT molecular complexity index is 802. The molecule has 1 aromatic carbocycles. The van der Waals surface area contributed by atoms with E-state index in [0.29, 0.717) is 0 Å². The third-order valence-electron chi connectivity index (χ3n) is 3.86. The van der Waals surface area contributed by atoms with Gasteiger partial charge in [-0.25, -0.2) is 4.39 Å². The second-order valence-corrected chi connectivity index (χ2v) is 5.36. The molecular formula is C17H19FN4O. The molecule has 0 amide bonds. The highest BCUT2D eigenvalue weighted by Crippen LogP contribution is 2.22. The van der Waals surface area contributed by atoms with Crippen molar-refractivity contribution >= 4 is 5.65 Å². The number of pyridine rings is 1. The summed E-state index contributed by atoms with van der Waals surface area (Å²) in [6, 6.07) is 10.8. The Labute approximate surface area is 134 Å². The second kappa shape index (κ2) is 6.75. The fraction of sp³-hybridized carbons (Fsp3) is 0.294. The van der Waals surface area contributed by atoms with Crippen LogP contribution in [0, 0.1) is 5.82 Å². The molecule has 23 heavy (non-hydrogen) atoms. The van der Waals surface area contributed by atoms with Gasteiger partial charge in [-0.15, -0.1) is 10.2 Å². The maximum Gasteiger partial charge on any atom is 0.165 e. The van der Waals surface area contributed by atoms with E-state index in [0.717, 1.165) is 30.0 Å². The van der Waals surface area contributed by atoms with Crippen LogP contribution in [0.4, 0.5) is 4.39 Å². The van der Waals surface area contributed by atoms with Crippen molar-refractivity contribution in [3.05, 3.63) is 59.8 Å². The third-order valence-corrected chi connectivity index (χ3v) is 3.86. The molecule has 0 aliphatic rings. The van der Waals surface area contributed by atoms with Gasteiger partial charge in [0.25, 0.3) is 0 Å². The summed E-state index contributed by atoms with van der Waals surface area (Å²) in [5, 5.41) is 11.8. The highest BCUT2D eigenvalue weighted by Gasteiger charge is 2.10. The minimum absolute atomic E-state index is 0.0867. The maximum atomic E-state index is 13.5. The molecule has 0 saturated carbocycles. The molecule has 1 atom stereocenters. The summed E-state index contributed by atoms with van der Waals surface area (Å²) in [6.07, 6.45) is 2.72. The largest absolute Gasteiger partial charge is 0.494 e. The normalized spacial score (nSPS) is 12.5. The van der Waals surface area contributed by atoms with Crippen molar-refractivity contribution in [2.75, 3.05) is 13.7 Å². The average molecular weight is 314 g/mol. The van der Waals surface area contributed by atoms with Crippen LogP contribution in [0.15, 0.2) is 42.6 Å². The van der Waals surface area contributed by atoms with Crippen LogP contribution in [-0.4, -0.2) is 28.3 Å². The van der Waals surface area contributed by atoms with E-state index in [1.54, 1.807) is 12.1 Å². The highest BCUT2D eigenvalue weighted by atomic mass is 19.1. The van der Waals surface area contributed by atoms with Crippen LogP contribution < -0.4 is 10.1 Å². The maximum absolute atomic E-state index is 13.5. The summed E-state index contributed by atoms with van der Waals surface area (Å²) in [6.45, 7) is 2.78. The Morgan fingerprint density at radius 3 is 2.96 bits per heavy atom. The summed E-state index contributed by atoms with van der Waals surface area (Å²) < 4.78 is 20.5. The van der Waals surface area contributed by atoms with Crippen LogP contribution in [-0.2, 0) is 6.42 Å². The summed E-state index contributed by atoms with van der Waals surface area (Å²) in [4.78, 5) is 0. The fourth-order valence-electron chi connectivity index (χ4n) is 2.53. The predicted octanol–water partition coefficient (Wildman–Crippen LogP) is 2.77. The second-order valence-electron chi connectivity index (χ2n) is 5.36. The number of hydrogen-bond donors (Lipinski definition) is 1. The minimum atomic E-state index is -0.349. The number of nitrogens with zero attached hydrogens (tertiary/aromatic N) is 3. The zero-order chi connectivity index (χ0) is 16.2. The van der Waals surface area contributed by atoms with Crippen LogP contribution in [0.2, 0.25) is 0 Å². The predicted molar refractivity (Wildman–Crippen MR) is 86.1 cm³/mol. The number of hydrogen-bond acceptors (Lipinski definition) is 4. The third kappa shape index (κ3) is 3.32. The summed E-state index contributed by atoms with van der Waals surface area (Å²) in [7, 11) is 1.47. The van der Waals surface area contributed by atoms with Gasteiger partial charge >= 0.3 is 0 Å². The molecule has 0 saturated heterocycles. The van der Waals surface area contributed by atoms with Crippen molar-refractivity contribution in [1.82, 2.24) is 19.9 Å². The van der Waals surface area contributed by atoms with Crippen LogP contribution in [0.1, 0.15) is 24.4 Å². The van der Waals surface area contributed by atoms with Gasteiger partial charge in [0.2, 0.25) is 0 Å². The molecule has 0 aliphatic carbocycles. The lowest BCUT2D eigenvalue weighted by Gasteiger charge is -2.15. The SMILES string of the molecule is COc1cc([C@H](C)NCCc2nnc3ccccn23)ccc1F. The zero-order valence-electron chi connectivity index (χ0n) is 13.2. The summed E-state index contributed by atoms with van der Waals surface area (Å²) in [5.41, 5.74) is 1.83. The number of aromatic nitrogens is 3. The molecular weight excluding hydrogens is 295 g/mol. The molecule has 0 spiro atoms. The molecule has 0 aliphatic heterocycles. The minimum Gasteiger partial charge on any atom is -0.494 e. The number of nitrogens with one attached hydrogen (secondary N) is 1. The van der Waals surface area contributed by atoms with Crippen molar-refractivity contribution < 1.29 is 9.13 Å². The molecule has 3 aromatic rings. The van der Waals surface area contributed by atoms with E-state index >= 15 is 0 Å². The molecule has 0 fully saturated rings. The van der Waals surface area contributed by atoms with Gasteiger partial charge in [-0.2, -0.15) is 0 Å². The number of benzene rings is 1. The van der Waals surface area contributed by atoms with Crippen molar-refractivity contribution in [2.45, 2.75) is 19.4 Å². The molecule has 2 heterocycles. The number of methoxy groups -OCH3 is 1. The average Bonchev–Trinajstić information content (AvgIpc) is 2.98. The first-order valence-corrected chi connectivity index (χ1v) is 7.54. The van der Waals surface area contributed by atoms with Gasteiger partial charge in [-0.1, -0.05) is 12.1 Å². The van der Waals surface area contributed by atoms with E-state index in [-0.39, 0.29) is 17.6 Å². The molecule has 0 bridgehead atoms. The van der Waals surface area contributed by atoms with E-state index in [1.807, 2.05) is 35.7 Å². The molecule has 1 N–H and O–H groups in total. The number of halogens is 1. The standard InChI is InChI=1S/C17H19FN4O/c1-12(13-6-7-14(18)15(11-13)23-2)19-9-8-17-21-20-16-5-3-4-10-22(16)17/h3-7,10-12,19H,8-9H2,1-2H3/t12-/m0/s1. The lowest BCUT2D eigenvalue weighted by molar-refractivity contribution is 0.385. The van der Waals surface area contributed by atoms with Gasteiger partial charge in [-0.05, 0) is 36.8 Å². The quantitative estimate of drug-likeness (QED) is 0.760. The van der Waals surface area contributed by atoms with Gasteiger partial charge in [-0.3, -0.25) is 4.40 Å².